The molecule has 0 aliphatic rings. The molecule has 23 heavy (non-hydrogen) atoms. The molecule has 0 aromatic rings. The van der Waals surface area contributed by atoms with Crippen molar-refractivity contribution in [3.63, 3.8) is 0 Å². The average Bonchev–Trinajstić information content (AvgIpc) is 2.58. The van der Waals surface area contributed by atoms with Gasteiger partial charge in [-0.3, -0.25) is 0 Å². The van der Waals surface area contributed by atoms with Gasteiger partial charge >= 0.3 is 0 Å². The first kappa shape index (κ1) is 20.8. The highest BCUT2D eigenvalue weighted by Gasteiger charge is 2.09. The fourth-order valence-electron chi connectivity index (χ4n) is 1.97. The third-order valence-electron chi connectivity index (χ3n) is 3.54. The smallest absolute Gasteiger partial charge is 0.0354 e. The van der Waals surface area contributed by atoms with E-state index in [9.17, 15) is 0 Å². The van der Waals surface area contributed by atoms with Crippen LogP contribution in [-0.4, -0.2) is 56.1 Å². The molecule has 2 N–H and O–H groups in total. The highest BCUT2D eigenvalue weighted by Crippen LogP contribution is 2.06. The summed E-state index contributed by atoms with van der Waals surface area (Å²) in [5.74, 6) is 0. The Morgan fingerprint density at radius 1 is 0.783 bits per heavy atom. The molecule has 0 heterocycles. The van der Waals surface area contributed by atoms with Gasteiger partial charge in [-0.1, -0.05) is 39.5 Å². The van der Waals surface area contributed by atoms with E-state index in [2.05, 4.69) is 59.9 Å². The van der Waals surface area contributed by atoms with Crippen LogP contribution in [0.5, 0.6) is 0 Å². The normalized spacial score (nSPS) is 9.61. The van der Waals surface area contributed by atoms with E-state index in [1.54, 1.807) is 18.2 Å². The van der Waals surface area contributed by atoms with E-state index in [0.717, 1.165) is 56.4 Å². The lowest BCUT2D eigenvalue weighted by Gasteiger charge is -2.31. The largest absolute Gasteiger partial charge is 0.384 e. The Bertz CT molecular complexity index is 437. The lowest BCUT2D eigenvalue weighted by molar-refractivity contribution is 0.279. The van der Waals surface area contributed by atoms with Gasteiger partial charge in [0.2, 0.25) is 0 Å². The molecule has 4 nitrogen and oxygen atoms in total. The summed E-state index contributed by atoms with van der Waals surface area (Å²) in [5, 5.41) is 6.37. The summed E-state index contributed by atoms with van der Waals surface area (Å²) < 4.78 is 0. The summed E-state index contributed by atoms with van der Waals surface area (Å²) in [5.41, 5.74) is 2.67. The monoisotopic (exact) mass is 316 g/mol. The van der Waals surface area contributed by atoms with Crippen LogP contribution in [0, 0.1) is 0 Å². The molecule has 0 fully saturated rings. The number of nitrogens with zero attached hydrogens (tertiary/aromatic N) is 2. The van der Waals surface area contributed by atoms with Crippen LogP contribution in [0.4, 0.5) is 0 Å². The van der Waals surface area contributed by atoms with E-state index in [1.165, 1.54) is 0 Å². The van der Waals surface area contributed by atoms with Crippen molar-refractivity contribution in [3.8, 4) is 0 Å². The Hall–Kier alpha value is -2.20. The van der Waals surface area contributed by atoms with E-state index in [1.807, 2.05) is 7.05 Å². The first-order valence-corrected chi connectivity index (χ1v) is 7.82. The SMILES string of the molecule is C=CC(=C)NCCN(CCN(CCNC)C(=C)C=C)C(=C)C=C. The van der Waals surface area contributed by atoms with Crippen LogP contribution in [0.3, 0.4) is 0 Å². The topological polar surface area (TPSA) is 30.5 Å². The van der Waals surface area contributed by atoms with Crippen LogP contribution in [0.15, 0.2) is 74.8 Å². The first-order chi connectivity index (χ1) is 11.0. The second-order valence-electron chi connectivity index (χ2n) is 5.12. The lowest BCUT2D eigenvalue weighted by atomic mass is 10.3. The second-order valence-corrected chi connectivity index (χ2v) is 5.12. The minimum absolute atomic E-state index is 0.774. The molecule has 0 atom stereocenters. The molecule has 0 aromatic heterocycles. The molecule has 0 saturated heterocycles. The Labute approximate surface area is 142 Å². The molecule has 0 aliphatic heterocycles. The summed E-state index contributed by atoms with van der Waals surface area (Å²) >= 11 is 0. The third kappa shape index (κ3) is 8.73. The summed E-state index contributed by atoms with van der Waals surface area (Å²) in [7, 11) is 1.94. The average molecular weight is 316 g/mol. The zero-order chi connectivity index (χ0) is 17.7. The second kappa shape index (κ2) is 12.4. The van der Waals surface area contributed by atoms with Crippen molar-refractivity contribution in [1.82, 2.24) is 20.4 Å². The van der Waals surface area contributed by atoms with E-state index in [-0.39, 0.29) is 0 Å². The van der Waals surface area contributed by atoms with Gasteiger partial charge in [-0.05, 0) is 25.3 Å². The van der Waals surface area contributed by atoms with Gasteiger partial charge in [-0.2, -0.15) is 0 Å². The Balaban J connectivity index is 4.60. The molecular weight excluding hydrogens is 284 g/mol. The van der Waals surface area contributed by atoms with Crippen molar-refractivity contribution >= 4 is 0 Å². The summed E-state index contributed by atoms with van der Waals surface area (Å²) in [6, 6.07) is 0. The quantitative estimate of drug-likeness (QED) is 0.455. The zero-order valence-electron chi connectivity index (χ0n) is 14.6. The summed E-state index contributed by atoms with van der Waals surface area (Å²) in [6.07, 6.45) is 5.28. The molecule has 0 spiro atoms. The van der Waals surface area contributed by atoms with Crippen LogP contribution in [-0.2, 0) is 0 Å². The molecular formula is C19H32N4. The number of rotatable bonds is 15. The molecule has 0 rings (SSSR count). The maximum absolute atomic E-state index is 4.06. The zero-order valence-corrected chi connectivity index (χ0v) is 14.6. The van der Waals surface area contributed by atoms with Gasteiger partial charge in [0.25, 0.3) is 0 Å². The molecule has 0 radical (unpaired) electrons. The van der Waals surface area contributed by atoms with E-state index in [4.69, 9.17) is 0 Å². The van der Waals surface area contributed by atoms with Crippen LogP contribution < -0.4 is 10.6 Å². The fraction of sp³-hybridized carbons (Fsp3) is 0.368. The third-order valence-corrected chi connectivity index (χ3v) is 3.54. The highest BCUT2D eigenvalue weighted by atomic mass is 15.2. The number of hydrogen-bond acceptors (Lipinski definition) is 4. The maximum Gasteiger partial charge on any atom is 0.0354 e. The van der Waals surface area contributed by atoms with Crippen LogP contribution >= 0.6 is 0 Å². The van der Waals surface area contributed by atoms with E-state index < -0.39 is 0 Å². The van der Waals surface area contributed by atoms with Crippen LogP contribution in [0.1, 0.15) is 0 Å². The molecule has 4 heteroatoms. The van der Waals surface area contributed by atoms with Gasteiger partial charge in [0, 0.05) is 56.4 Å². The van der Waals surface area contributed by atoms with Gasteiger partial charge in [0.05, 0.1) is 0 Å². The molecule has 128 valence electrons. The van der Waals surface area contributed by atoms with E-state index in [0.29, 0.717) is 0 Å². The van der Waals surface area contributed by atoms with Gasteiger partial charge in [0.1, 0.15) is 0 Å². The van der Waals surface area contributed by atoms with Gasteiger partial charge < -0.3 is 20.4 Å². The molecule has 0 saturated carbocycles. The van der Waals surface area contributed by atoms with Crippen LogP contribution in [0.2, 0.25) is 0 Å². The Morgan fingerprint density at radius 3 is 1.65 bits per heavy atom. The highest BCUT2D eigenvalue weighted by molar-refractivity contribution is 5.13. The van der Waals surface area contributed by atoms with E-state index >= 15 is 0 Å². The fourth-order valence-corrected chi connectivity index (χ4v) is 1.97. The Kier molecular flexibility index (Phi) is 11.2. The van der Waals surface area contributed by atoms with Crippen molar-refractivity contribution < 1.29 is 0 Å². The van der Waals surface area contributed by atoms with Gasteiger partial charge in [-0.15, -0.1) is 0 Å². The molecule has 0 amide bonds. The van der Waals surface area contributed by atoms with Crippen molar-refractivity contribution in [2.24, 2.45) is 0 Å². The number of nitrogens with one attached hydrogen (secondary N) is 2. The van der Waals surface area contributed by atoms with Crippen molar-refractivity contribution in [3.05, 3.63) is 74.8 Å². The number of allylic oxidation sites excluding steroid dienone is 3. The minimum atomic E-state index is 0.774. The summed E-state index contributed by atoms with van der Waals surface area (Å²) in [4.78, 5) is 4.40. The standard InChI is InChI=1S/C19H32N4/c1-8-17(4)21-12-14-23(19(6)10-3)16-15-22(13-11-20-7)18(5)9-2/h8-10,20-21H,1-6,11-16H2,7H3. The predicted molar refractivity (Wildman–Crippen MR) is 103 cm³/mol. The van der Waals surface area contributed by atoms with Crippen molar-refractivity contribution in [2.45, 2.75) is 0 Å². The number of hydrogen-bond donors (Lipinski definition) is 2. The van der Waals surface area contributed by atoms with Gasteiger partial charge in [0.15, 0.2) is 0 Å². The molecule has 0 unspecified atom stereocenters. The summed E-state index contributed by atoms with van der Waals surface area (Å²) in [6.45, 7) is 28.3. The number of likely N-dealkylation sites (N-methyl/N-ethyl adjacent to an activating group) is 1. The first-order valence-electron chi connectivity index (χ1n) is 7.82. The minimum Gasteiger partial charge on any atom is -0.384 e. The molecule has 0 aromatic carbocycles. The molecule has 0 bridgehead atoms. The molecule has 0 aliphatic carbocycles. The van der Waals surface area contributed by atoms with Crippen molar-refractivity contribution in [2.75, 3.05) is 46.3 Å². The predicted octanol–water partition coefficient (Wildman–Crippen LogP) is 2.50. The lowest BCUT2D eigenvalue weighted by Crippen LogP contribution is -2.38. The van der Waals surface area contributed by atoms with Gasteiger partial charge in [-0.25, -0.2) is 0 Å². The van der Waals surface area contributed by atoms with Crippen LogP contribution in [0.25, 0.3) is 0 Å². The Morgan fingerprint density at radius 2 is 1.26 bits per heavy atom. The maximum atomic E-state index is 4.06. The van der Waals surface area contributed by atoms with Crippen molar-refractivity contribution in [1.29, 1.82) is 0 Å².